The fraction of sp³-hybridized carbons (Fsp3) is 0.923. The van der Waals surface area contributed by atoms with Crippen molar-refractivity contribution < 1.29 is 10.2 Å². The molecule has 0 radical (unpaired) electrons. The van der Waals surface area contributed by atoms with Gasteiger partial charge in [-0.1, -0.05) is 32.4 Å². The van der Waals surface area contributed by atoms with E-state index in [9.17, 15) is 10.2 Å². The topological polar surface area (TPSA) is 40.5 Å². The lowest BCUT2D eigenvalue weighted by Gasteiger charge is -2.59. The third-order valence-electron chi connectivity index (χ3n) is 10.2. The SMILES string of the molecule is C[C@H](CC[C@@H](C)O)[C@H]1CC[C@H]2C3CC=C4C[C@@](C)(O)CC[C@]4(C)[C@H]3CC[C@]12C. The molecule has 0 aromatic carbocycles. The molecule has 0 heterocycles. The lowest BCUT2D eigenvalue weighted by Crippen LogP contribution is -2.52. The third-order valence-corrected chi connectivity index (χ3v) is 10.2. The van der Waals surface area contributed by atoms with Gasteiger partial charge < -0.3 is 10.2 Å². The van der Waals surface area contributed by atoms with Gasteiger partial charge in [0.05, 0.1) is 11.7 Å². The molecule has 4 rings (SSSR count). The zero-order valence-electron chi connectivity index (χ0n) is 19.0. The van der Waals surface area contributed by atoms with Crippen molar-refractivity contribution in [3.8, 4) is 0 Å². The van der Waals surface area contributed by atoms with Crippen LogP contribution in [-0.2, 0) is 0 Å². The van der Waals surface area contributed by atoms with Gasteiger partial charge in [-0.15, -0.1) is 0 Å². The summed E-state index contributed by atoms with van der Waals surface area (Å²) in [5.74, 6) is 4.12. The number of allylic oxidation sites excluding steroid dienone is 1. The van der Waals surface area contributed by atoms with Gasteiger partial charge in [0.1, 0.15) is 0 Å². The molecule has 1 unspecified atom stereocenters. The van der Waals surface area contributed by atoms with Crippen molar-refractivity contribution in [1.82, 2.24) is 0 Å². The van der Waals surface area contributed by atoms with Gasteiger partial charge in [0.25, 0.3) is 0 Å². The van der Waals surface area contributed by atoms with Gasteiger partial charge in [-0.25, -0.2) is 0 Å². The van der Waals surface area contributed by atoms with Gasteiger partial charge in [0, 0.05) is 0 Å². The number of hydrogen-bond acceptors (Lipinski definition) is 2. The Balaban J connectivity index is 1.54. The van der Waals surface area contributed by atoms with Crippen molar-refractivity contribution in [2.75, 3.05) is 0 Å². The van der Waals surface area contributed by atoms with Crippen LogP contribution in [0, 0.1) is 40.4 Å². The Hall–Kier alpha value is -0.340. The summed E-state index contributed by atoms with van der Waals surface area (Å²) in [6.45, 7) is 11.6. The number of aliphatic hydroxyl groups excluding tert-OH is 1. The molecule has 0 spiro atoms. The van der Waals surface area contributed by atoms with Crippen molar-refractivity contribution in [3.05, 3.63) is 11.6 Å². The van der Waals surface area contributed by atoms with Crippen LogP contribution in [0.2, 0.25) is 0 Å². The zero-order valence-corrected chi connectivity index (χ0v) is 19.0. The highest BCUT2D eigenvalue weighted by Crippen LogP contribution is 2.67. The second kappa shape index (κ2) is 7.12. The highest BCUT2D eigenvalue weighted by Gasteiger charge is 2.59. The van der Waals surface area contributed by atoms with Crippen LogP contribution < -0.4 is 0 Å². The van der Waals surface area contributed by atoms with Crippen molar-refractivity contribution in [2.45, 2.75) is 111 Å². The summed E-state index contributed by atoms with van der Waals surface area (Å²) in [6, 6.07) is 0. The number of aliphatic hydroxyl groups is 2. The molecule has 0 bridgehead atoms. The molecule has 0 amide bonds. The molecule has 0 saturated heterocycles. The average molecular weight is 389 g/mol. The van der Waals surface area contributed by atoms with E-state index in [1.807, 2.05) is 13.8 Å². The summed E-state index contributed by atoms with van der Waals surface area (Å²) in [5.41, 5.74) is 1.93. The molecule has 3 fully saturated rings. The first-order valence-electron chi connectivity index (χ1n) is 12.2. The van der Waals surface area contributed by atoms with Crippen LogP contribution in [0.4, 0.5) is 0 Å². The van der Waals surface area contributed by atoms with Crippen LogP contribution in [0.5, 0.6) is 0 Å². The van der Waals surface area contributed by atoms with E-state index in [1.165, 1.54) is 44.9 Å². The van der Waals surface area contributed by atoms with Gasteiger partial charge in [-0.2, -0.15) is 0 Å². The van der Waals surface area contributed by atoms with Gasteiger partial charge in [-0.05, 0) is 118 Å². The first-order valence-corrected chi connectivity index (χ1v) is 12.2. The quantitative estimate of drug-likeness (QED) is 0.570. The lowest BCUT2D eigenvalue weighted by molar-refractivity contribution is -0.0708. The Morgan fingerprint density at radius 2 is 1.75 bits per heavy atom. The third kappa shape index (κ3) is 3.31. The molecular weight excluding hydrogens is 344 g/mol. The fourth-order valence-corrected chi connectivity index (χ4v) is 8.49. The van der Waals surface area contributed by atoms with E-state index in [0.29, 0.717) is 10.8 Å². The van der Waals surface area contributed by atoms with E-state index in [4.69, 9.17) is 0 Å². The Bertz CT molecular complexity index is 620. The summed E-state index contributed by atoms with van der Waals surface area (Å²) in [5, 5.41) is 20.4. The predicted molar refractivity (Wildman–Crippen MR) is 116 cm³/mol. The van der Waals surface area contributed by atoms with Gasteiger partial charge >= 0.3 is 0 Å². The van der Waals surface area contributed by atoms with Gasteiger partial charge in [-0.3, -0.25) is 0 Å². The molecule has 2 heteroatoms. The average Bonchev–Trinajstić information content (AvgIpc) is 2.97. The molecular formula is C26H44O2. The van der Waals surface area contributed by atoms with Crippen molar-refractivity contribution in [3.63, 3.8) is 0 Å². The minimum absolute atomic E-state index is 0.159. The normalized spacial score (nSPS) is 50.2. The number of hydrogen-bond donors (Lipinski definition) is 2. The van der Waals surface area contributed by atoms with Crippen LogP contribution in [-0.4, -0.2) is 21.9 Å². The first-order chi connectivity index (χ1) is 13.1. The van der Waals surface area contributed by atoms with Gasteiger partial charge in [0.2, 0.25) is 0 Å². The van der Waals surface area contributed by atoms with Crippen molar-refractivity contribution in [2.24, 2.45) is 40.4 Å². The van der Waals surface area contributed by atoms with E-state index in [1.54, 1.807) is 5.57 Å². The zero-order chi connectivity index (χ0) is 20.3. The molecule has 160 valence electrons. The molecule has 3 saturated carbocycles. The largest absolute Gasteiger partial charge is 0.393 e. The summed E-state index contributed by atoms with van der Waals surface area (Å²) in [7, 11) is 0. The minimum Gasteiger partial charge on any atom is -0.393 e. The maximum atomic E-state index is 10.6. The Labute approximate surface area is 173 Å². The molecule has 4 aliphatic carbocycles. The van der Waals surface area contributed by atoms with Crippen LogP contribution in [0.15, 0.2) is 11.6 Å². The Morgan fingerprint density at radius 3 is 2.46 bits per heavy atom. The van der Waals surface area contributed by atoms with E-state index in [-0.39, 0.29) is 6.10 Å². The molecule has 4 aliphatic rings. The second-order valence-electron chi connectivity index (χ2n) is 12.1. The monoisotopic (exact) mass is 388 g/mol. The van der Waals surface area contributed by atoms with E-state index in [0.717, 1.165) is 48.9 Å². The predicted octanol–water partition coefficient (Wildman–Crippen LogP) is 6.11. The smallest absolute Gasteiger partial charge is 0.0657 e. The second-order valence-corrected chi connectivity index (χ2v) is 12.1. The fourth-order valence-electron chi connectivity index (χ4n) is 8.49. The molecule has 0 aliphatic heterocycles. The van der Waals surface area contributed by atoms with Crippen molar-refractivity contribution in [1.29, 1.82) is 0 Å². The number of fused-ring (bicyclic) bond motifs is 5. The highest BCUT2D eigenvalue weighted by atomic mass is 16.3. The molecule has 28 heavy (non-hydrogen) atoms. The highest BCUT2D eigenvalue weighted by molar-refractivity contribution is 5.26. The summed E-state index contributed by atoms with van der Waals surface area (Å²) in [4.78, 5) is 0. The van der Waals surface area contributed by atoms with Crippen LogP contribution in [0.25, 0.3) is 0 Å². The Kier molecular flexibility index (Phi) is 5.32. The number of rotatable bonds is 4. The van der Waals surface area contributed by atoms with E-state index < -0.39 is 5.60 Å². The van der Waals surface area contributed by atoms with Crippen LogP contribution in [0.3, 0.4) is 0 Å². The van der Waals surface area contributed by atoms with Crippen LogP contribution in [0.1, 0.15) is 98.8 Å². The van der Waals surface area contributed by atoms with Crippen molar-refractivity contribution >= 4 is 0 Å². The summed E-state index contributed by atoms with van der Waals surface area (Å²) in [6.07, 6.45) is 14.4. The lowest BCUT2D eigenvalue weighted by atomic mass is 9.46. The Morgan fingerprint density at radius 1 is 1.00 bits per heavy atom. The maximum absolute atomic E-state index is 10.6. The first kappa shape index (κ1) is 20.9. The summed E-state index contributed by atoms with van der Waals surface area (Å²) < 4.78 is 0. The molecule has 2 N–H and O–H groups in total. The maximum Gasteiger partial charge on any atom is 0.0657 e. The molecule has 0 aromatic rings. The summed E-state index contributed by atoms with van der Waals surface area (Å²) >= 11 is 0. The van der Waals surface area contributed by atoms with Crippen LogP contribution >= 0.6 is 0 Å². The standard InChI is InChI=1S/C26H44O2/c1-17(6-7-18(2)27)21-10-11-22-20-9-8-19-16-24(3,28)14-15-25(19,4)23(20)12-13-26(21,22)5/h8,17-18,20-23,27-28H,6-7,9-16H2,1-5H3/t17-,18-,20?,21-,22+,23+,24+,25+,26-/m1/s1. The minimum atomic E-state index is -0.487. The molecule has 2 nitrogen and oxygen atoms in total. The molecule has 0 aromatic heterocycles. The van der Waals surface area contributed by atoms with E-state index >= 15 is 0 Å². The molecule has 9 atom stereocenters. The van der Waals surface area contributed by atoms with E-state index in [2.05, 4.69) is 26.8 Å². The van der Waals surface area contributed by atoms with Gasteiger partial charge in [0.15, 0.2) is 0 Å².